The normalized spacial score (nSPS) is 20.8. The molecule has 0 saturated carbocycles. The lowest BCUT2D eigenvalue weighted by molar-refractivity contribution is -0.138. The molecule has 1 aromatic carbocycles. The van der Waals surface area contributed by atoms with Gasteiger partial charge in [0.1, 0.15) is 5.82 Å². The third-order valence-corrected chi connectivity index (χ3v) is 3.39. The fraction of sp³-hybridized carbons (Fsp3) is 0.500. The molecule has 0 spiro atoms. The maximum atomic E-state index is 12.8. The minimum Gasteiger partial charge on any atom is -0.481 e. The number of piperidine rings is 1. The molecule has 1 aromatic rings. The molecule has 1 fully saturated rings. The number of carboxylic acids is 1. The monoisotopic (exact) mass is 251 g/mol. The van der Waals surface area contributed by atoms with Crippen molar-refractivity contribution in [2.45, 2.75) is 25.8 Å². The highest BCUT2D eigenvalue weighted by atomic mass is 19.1. The number of hydrogen-bond acceptors (Lipinski definition) is 2. The Morgan fingerprint density at radius 1 is 1.39 bits per heavy atom. The summed E-state index contributed by atoms with van der Waals surface area (Å²) in [6.45, 7) is 2.59. The molecule has 0 amide bonds. The molecule has 4 heteroatoms. The summed E-state index contributed by atoms with van der Waals surface area (Å²) in [4.78, 5) is 13.0. The SMILES string of the molecule is O=C(O)CC1CCCN(Cc2ccc(F)cc2)C1. The smallest absolute Gasteiger partial charge is 0.303 e. The first-order valence-electron chi connectivity index (χ1n) is 6.32. The molecule has 3 nitrogen and oxygen atoms in total. The first-order valence-corrected chi connectivity index (χ1v) is 6.32. The molecule has 0 aliphatic carbocycles. The molecular weight excluding hydrogens is 233 g/mol. The van der Waals surface area contributed by atoms with E-state index >= 15 is 0 Å². The third-order valence-electron chi connectivity index (χ3n) is 3.39. The van der Waals surface area contributed by atoms with E-state index in [0.29, 0.717) is 0 Å². The van der Waals surface area contributed by atoms with Crippen LogP contribution >= 0.6 is 0 Å². The predicted octanol–water partition coefficient (Wildman–Crippen LogP) is 2.51. The van der Waals surface area contributed by atoms with Crippen LogP contribution in [0.25, 0.3) is 0 Å². The summed E-state index contributed by atoms with van der Waals surface area (Å²) in [6, 6.07) is 6.51. The number of likely N-dealkylation sites (tertiary alicyclic amines) is 1. The van der Waals surface area contributed by atoms with Crippen LogP contribution in [0.2, 0.25) is 0 Å². The highest BCUT2D eigenvalue weighted by Gasteiger charge is 2.21. The number of carbonyl (C=O) groups is 1. The highest BCUT2D eigenvalue weighted by molar-refractivity contribution is 5.67. The van der Waals surface area contributed by atoms with Gasteiger partial charge in [0.25, 0.3) is 0 Å². The van der Waals surface area contributed by atoms with E-state index in [0.717, 1.165) is 38.0 Å². The van der Waals surface area contributed by atoms with Crippen molar-refractivity contribution in [3.8, 4) is 0 Å². The lowest BCUT2D eigenvalue weighted by Crippen LogP contribution is -2.35. The van der Waals surface area contributed by atoms with Crippen molar-refractivity contribution in [2.24, 2.45) is 5.92 Å². The standard InChI is InChI=1S/C14H18FNO2/c15-13-5-3-11(4-6-13)9-16-7-1-2-12(10-16)8-14(17)18/h3-6,12H,1-2,7-10H2,(H,17,18). The Balaban J connectivity index is 1.89. The zero-order chi connectivity index (χ0) is 13.0. The van der Waals surface area contributed by atoms with Gasteiger partial charge in [-0.25, -0.2) is 4.39 Å². The average Bonchev–Trinajstić information content (AvgIpc) is 2.32. The third kappa shape index (κ3) is 3.81. The summed E-state index contributed by atoms with van der Waals surface area (Å²) >= 11 is 0. The van der Waals surface area contributed by atoms with Crippen molar-refractivity contribution < 1.29 is 14.3 Å². The molecule has 1 heterocycles. The van der Waals surface area contributed by atoms with E-state index in [1.807, 2.05) is 0 Å². The Morgan fingerprint density at radius 2 is 2.11 bits per heavy atom. The van der Waals surface area contributed by atoms with E-state index in [1.54, 1.807) is 12.1 Å². The van der Waals surface area contributed by atoms with E-state index in [2.05, 4.69) is 4.90 Å². The minimum absolute atomic E-state index is 0.221. The quantitative estimate of drug-likeness (QED) is 0.894. The van der Waals surface area contributed by atoms with Crippen molar-refractivity contribution in [3.63, 3.8) is 0 Å². The topological polar surface area (TPSA) is 40.5 Å². The van der Waals surface area contributed by atoms with Gasteiger partial charge in [0.05, 0.1) is 0 Å². The van der Waals surface area contributed by atoms with Crippen LogP contribution in [0, 0.1) is 11.7 Å². The van der Waals surface area contributed by atoms with Crippen LogP contribution in [0.3, 0.4) is 0 Å². The van der Waals surface area contributed by atoms with Gasteiger partial charge < -0.3 is 5.11 Å². The van der Waals surface area contributed by atoms with Gasteiger partial charge in [0, 0.05) is 19.5 Å². The molecule has 1 N–H and O–H groups in total. The van der Waals surface area contributed by atoms with Crippen molar-refractivity contribution in [3.05, 3.63) is 35.6 Å². The van der Waals surface area contributed by atoms with Gasteiger partial charge in [-0.05, 0) is 43.0 Å². The van der Waals surface area contributed by atoms with Crippen molar-refractivity contribution in [2.75, 3.05) is 13.1 Å². The highest BCUT2D eigenvalue weighted by Crippen LogP contribution is 2.21. The summed E-state index contributed by atoms with van der Waals surface area (Å²) in [6.07, 6.45) is 2.28. The molecule has 1 saturated heterocycles. The Hall–Kier alpha value is -1.42. The van der Waals surface area contributed by atoms with Crippen molar-refractivity contribution >= 4 is 5.97 Å². The molecule has 1 aliphatic rings. The Labute approximate surface area is 106 Å². The van der Waals surface area contributed by atoms with Gasteiger partial charge in [0.15, 0.2) is 0 Å². The van der Waals surface area contributed by atoms with Crippen molar-refractivity contribution in [1.82, 2.24) is 4.90 Å². The first-order chi connectivity index (χ1) is 8.63. The average molecular weight is 251 g/mol. The zero-order valence-corrected chi connectivity index (χ0v) is 10.3. The largest absolute Gasteiger partial charge is 0.481 e. The second-order valence-corrected chi connectivity index (χ2v) is 4.97. The van der Waals surface area contributed by atoms with E-state index in [9.17, 15) is 9.18 Å². The summed E-state index contributed by atoms with van der Waals surface area (Å²) < 4.78 is 12.8. The molecule has 2 rings (SSSR count). The van der Waals surface area contributed by atoms with E-state index in [-0.39, 0.29) is 18.2 Å². The zero-order valence-electron chi connectivity index (χ0n) is 10.3. The number of carboxylic acid groups (broad SMARTS) is 1. The van der Waals surface area contributed by atoms with Gasteiger partial charge in [0.2, 0.25) is 0 Å². The fourth-order valence-electron chi connectivity index (χ4n) is 2.56. The number of halogens is 1. The second kappa shape index (κ2) is 5.96. The Bertz CT molecular complexity index is 405. The number of benzene rings is 1. The van der Waals surface area contributed by atoms with Crippen LogP contribution < -0.4 is 0 Å². The molecular formula is C14H18FNO2. The van der Waals surface area contributed by atoms with Gasteiger partial charge in [-0.1, -0.05) is 12.1 Å². The number of rotatable bonds is 4. The van der Waals surface area contributed by atoms with E-state index in [1.165, 1.54) is 12.1 Å². The van der Waals surface area contributed by atoms with Crippen LogP contribution in [-0.4, -0.2) is 29.1 Å². The Morgan fingerprint density at radius 3 is 2.78 bits per heavy atom. The second-order valence-electron chi connectivity index (χ2n) is 4.97. The summed E-state index contributed by atoms with van der Waals surface area (Å²) in [5, 5.41) is 8.81. The van der Waals surface area contributed by atoms with Crippen LogP contribution in [0.1, 0.15) is 24.8 Å². The van der Waals surface area contributed by atoms with Gasteiger partial charge in [-0.3, -0.25) is 9.69 Å². The van der Waals surface area contributed by atoms with E-state index < -0.39 is 5.97 Å². The molecule has 98 valence electrons. The minimum atomic E-state index is -0.719. The predicted molar refractivity (Wildman–Crippen MR) is 66.7 cm³/mol. The lowest BCUT2D eigenvalue weighted by Gasteiger charge is -2.32. The molecule has 0 aromatic heterocycles. The van der Waals surface area contributed by atoms with Crippen LogP contribution in [0.4, 0.5) is 4.39 Å². The first kappa shape index (κ1) is 13.0. The molecule has 0 bridgehead atoms. The maximum Gasteiger partial charge on any atom is 0.303 e. The van der Waals surface area contributed by atoms with Gasteiger partial charge in [-0.2, -0.15) is 0 Å². The van der Waals surface area contributed by atoms with Gasteiger partial charge >= 0.3 is 5.97 Å². The lowest BCUT2D eigenvalue weighted by atomic mass is 9.94. The summed E-state index contributed by atoms with van der Waals surface area (Å²) in [5.74, 6) is -0.693. The number of aliphatic carboxylic acids is 1. The Kier molecular flexibility index (Phi) is 4.31. The van der Waals surface area contributed by atoms with Crippen molar-refractivity contribution in [1.29, 1.82) is 0 Å². The summed E-state index contributed by atoms with van der Waals surface area (Å²) in [5.41, 5.74) is 1.08. The molecule has 1 atom stereocenters. The number of nitrogens with zero attached hydrogens (tertiary/aromatic N) is 1. The molecule has 0 radical (unpaired) electrons. The van der Waals surface area contributed by atoms with Crippen LogP contribution in [0.15, 0.2) is 24.3 Å². The number of hydrogen-bond donors (Lipinski definition) is 1. The summed E-state index contributed by atoms with van der Waals surface area (Å²) in [7, 11) is 0. The molecule has 1 unspecified atom stereocenters. The fourth-order valence-corrected chi connectivity index (χ4v) is 2.56. The van der Waals surface area contributed by atoms with Crippen LogP contribution in [-0.2, 0) is 11.3 Å². The van der Waals surface area contributed by atoms with Crippen LogP contribution in [0.5, 0.6) is 0 Å². The van der Waals surface area contributed by atoms with E-state index in [4.69, 9.17) is 5.11 Å². The molecule has 1 aliphatic heterocycles. The molecule has 18 heavy (non-hydrogen) atoms. The maximum absolute atomic E-state index is 12.8. The van der Waals surface area contributed by atoms with Gasteiger partial charge in [-0.15, -0.1) is 0 Å².